The number of hydrogen-bond acceptors (Lipinski definition) is 2. The Labute approximate surface area is 165 Å². The molecule has 0 fully saturated rings. The smallest absolute Gasteiger partial charge is 0.230 e. The summed E-state index contributed by atoms with van der Waals surface area (Å²) in [5.41, 5.74) is 4.17. The Morgan fingerprint density at radius 2 is 1.69 bits per heavy atom. The molecule has 0 radical (unpaired) electrons. The molecule has 0 N–H and O–H groups in total. The summed E-state index contributed by atoms with van der Waals surface area (Å²) in [7, 11) is 0. The summed E-state index contributed by atoms with van der Waals surface area (Å²) in [6.07, 6.45) is 1.84. The van der Waals surface area contributed by atoms with E-state index in [0.717, 1.165) is 31.7 Å². The minimum atomic E-state index is 0.684. The first-order valence-corrected chi connectivity index (χ1v) is 9.35. The number of aromatic nitrogens is 2. The summed E-state index contributed by atoms with van der Waals surface area (Å²) in [4.78, 5) is 9.33. The van der Waals surface area contributed by atoms with Crippen LogP contribution in [0.4, 0.5) is 5.95 Å². The van der Waals surface area contributed by atoms with E-state index in [4.69, 9.17) is 11.6 Å². The van der Waals surface area contributed by atoms with Crippen molar-refractivity contribution in [2.24, 2.45) is 4.99 Å². The van der Waals surface area contributed by atoms with Gasteiger partial charge in [-0.25, -0.2) is 9.98 Å². The molecule has 1 heterocycles. The molecule has 26 heavy (non-hydrogen) atoms. The zero-order valence-corrected chi connectivity index (χ0v) is 16.2. The predicted octanol–water partition coefficient (Wildman–Crippen LogP) is 6.25. The zero-order valence-electron chi connectivity index (χ0n) is 13.8. The molecular formula is C21H15BrClN3. The SMILES string of the molecule is Clc1ccc(Cn2c(N=Cc3ccc(Br)cc3)nc3ccccc32)cc1. The van der Waals surface area contributed by atoms with Crippen LogP contribution < -0.4 is 0 Å². The number of hydrogen-bond donors (Lipinski definition) is 0. The number of halogens is 2. The molecule has 0 unspecified atom stereocenters. The van der Waals surface area contributed by atoms with Crippen molar-refractivity contribution in [2.75, 3.05) is 0 Å². The number of rotatable bonds is 4. The molecule has 0 atom stereocenters. The lowest BCUT2D eigenvalue weighted by atomic mass is 10.2. The van der Waals surface area contributed by atoms with Gasteiger partial charge < -0.3 is 4.57 Å². The van der Waals surface area contributed by atoms with Crippen LogP contribution >= 0.6 is 27.5 Å². The van der Waals surface area contributed by atoms with Gasteiger partial charge in [-0.2, -0.15) is 0 Å². The molecule has 4 rings (SSSR count). The van der Waals surface area contributed by atoms with Gasteiger partial charge >= 0.3 is 0 Å². The fourth-order valence-electron chi connectivity index (χ4n) is 2.77. The van der Waals surface area contributed by atoms with E-state index in [2.05, 4.69) is 36.5 Å². The Morgan fingerprint density at radius 3 is 2.46 bits per heavy atom. The Morgan fingerprint density at radius 1 is 0.962 bits per heavy atom. The summed E-state index contributed by atoms with van der Waals surface area (Å²) in [6, 6.07) is 24.0. The van der Waals surface area contributed by atoms with E-state index in [9.17, 15) is 0 Å². The van der Waals surface area contributed by atoms with Crippen LogP contribution in [0.5, 0.6) is 0 Å². The molecule has 5 heteroatoms. The van der Waals surface area contributed by atoms with Crippen LogP contribution in [-0.4, -0.2) is 15.8 Å². The first-order valence-electron chi connectivity index (χ1n) is 8.18. The molecule has 0 saturated carbocycles. The average molecular weight is 425 g/mol. The maximum atomic E-state index is 6.00. The largest absolute Gasteiger partial charge is 0.304 e. The fraction of sp³-hybridized carbons (Fsp3) is 0.0476. The van der Waals surface area contributed by atoms with Crippen LogP contribution in [0.1, 0.15) is 11.1 Å². The van der Waals surface area contributed by atoms with Crippen molar-refractivity contribution in [2.45, 2.75) is 6.54 Å². The second kappa shape index (κ2) is 7.44. The molecule has 4 aromatic rings. The van der Waals surface area contributed by atoms with E-state index in [0.29, 0.717) is 12.5 Å². The molecule has 3 aromatic carbocycles. The minimum Gasteiger partial charge on any atom is -0.304 e. The standard InChI is InChI=1S/C21H15BrClN3/c22-17-9-5-15(6-10-17)13-24-21-25-19-3-1-2-4-20(19)26(21)14-16-7-11-18(23)12-8-16/h1-13H,14H2. The fourth-order valence-corrected chi connectivity index (χ4v) is 3.16. The topological polar surface area (TPSA) is 30.2 Å². The molecule has 128 valence electrons. The van der Waals surface area contributed by atoms with E-state index in [1.807, 2.05) is 72.9 Å². The second-order valence-electron chi connectivity index (χ2n) is 5.92. The van der Waals surface area contributed by atoms with Crippen molar-refractivity contribution in [1.82, 2.24) is 9.55 Å². The Kier molecular flexibility index (Phi) is 4.87. The molecule has 1 aromatic heterocycles. The van der Waals surface area contributed by atoms with Crippen molar-refractivity contribution in [3.05, 3.63) is 93.4 Å². The number of benzene rings is 3. The number of para-hydroxylation sites is 2. The summed E-state index contributed by atoms with van der Waals surface area (Å²) in [6.45, 7) is 0.685. The lowest BCUT2D eigenvalue weighted by molar-refractivity contribution is 0.827. The Bertz CT molecular complexity index is 1070. The summed E-state index contributed by atoms with van der Waals surface area (Å²) in [5.74, 6) is 0.684. The van der Waals surface area contributed by atoms with Crippen LogP contribution in [0.2, 0.25) is 5.02 Å². The highest BCUT2D eigenvalue weighted by molar-refractivity contribution is 9.10. The third-order valence-corrected chi connectivity index (χ3v) is 4.87. The van der Waals surface area contributed by atoms with E-state index in [1.165, 1.54) is 0 Å². The van der Waals surface area contributed by atoms with Gasteiger partial charge in [0, 0.05) is 15.7 Å². The van der Waals surface area contributed by atoms with Gasteiger partial charge in [0.05, 0.1) is 17.6 Å². The Hall–Kier alpha value is -2.43. The predicted molar refractivity (Wildman–Crippen MR) is 112 cm³/mol. The Balaban J connectivity index is 1.73. The maximum Gasteiger partial charge on any atom is 0.230 e. The van der Waals surface area contributed by atoms with Crippen LogP contribution in [0.15, 0.2) is 82.3 Å². The van der Waals surface area contributed by atoms with Crippen molar-refractivity contribution in [3.8, 4) is 0 Å². The number of aliphatic imine (C=N–C) groups is 1. The lowest BCUT2D eigenvalue weighted by Crippen LogP contribution is -1.99. The zero-order chi connectivity index (χ0) is 17.9. The van der Waals surface area contributed by atoms with Crippen molar-refractivity contribution < 1.29 is 0 Å². The van der Waals surface area contributed by atoms with Crippen LogP contribution in [-0.2, 0) is 6.54 Å². The number of nitrogens with zero attached hydrogens (tertiary/aromatic N) is 3. The van der Waals surface area contributed by atoms with E-state index in [1.54, 1.807) is 0 Å². The molecule has 0 aliphatic carbocycles. The highest BCUT2D eigenvalue weighted by Crippen LogP contribution is 2.24. The quantitative estimate of drug-likeness (QED) is 0.356. The average Bonchev–Trinajstić information content (AvgIpc) is 3.01. The first kappa shape index (κ1) is 17.0. The summed E-state index contributed by atoms with van der Waals surface area (Å²) in [5, 5.41) is 0.734. The molecule has 0 aliphatic rings. The van der Waals surface area contributed by atoms with Gasteiger partial charge in [-0.1, -0.05) is 63.9 Å². The minimum absolute atomic E-state index is 0.684. The van der Waals surface area contributed by atoms with Gasteiger partial charge in [0.1, 0.15) is 0 Å². The summed E-state index contributed by atoms with van der Waals surface area (Å²) >= 11 is 9.45. The molecule has 0 spiro atoms. The summed E-state index contributed by atoms with van der Waals surface area (Å²) < 4.78 is 3.16. The van der Waals surface area contributed by atoms with Crippen molar-refractivity contribution >= 4 is 50.7 Å². The van der Waals surface area contributed by atoms with E-state index < -0.39 is 0 Å². The molecule has 3 nitrogen and oxygen atoms in total. The highest BCUT2D eigenvalue weighted by atomic mass is 79.9. The molecule has 0 aliphatic heterocycles. The van der Waals surface area contributed by atoms with Crippen LogP contribution in [0, 0.1) is 0 Å². The van der Waals surface area contributed by atoms with Gasteiger partial charge in [-0.3, -0.25) is 0 Å². The van der Waals surface area contributed by atoms with Gasteiger partial charge in [0.15, 0.2) is 0 Å². The van der Waals surface area contributed by atoms with Gasteiger partial charge in [0.25, 0.3) is 0 Å². The maximum absolute atomic E-state index is 6.00. The first-order chi connectivity index (χ1) is 12.7. The second-order valence-corrected chi connectivity index (χ2v) is 7.27. The molecular weight excluding hydrogens is 410 g/mol. The normalized spacial score (nSPS) is 11.5. The highest BCUT2D eigenvalue weighted by Gasteiger charge is 2.10. The van der Waals surface area contributed by atoms with E-state index >= 15 is 0 Å². The van der Waals surface area contributed by atoms with Gasteiger partial charge in [-0.05, 0) is 47.5 Å². The number of imidazole rings is 1. The van der Waals surface area contributed by atoms with Gasteiger partial charge in [0.2, 0.25) is 5.95 Å². The monoisotopic (exact) mass is 423 g/mol. The molecule has 0 saturated heterocycles. The lowest BCUT2D eigenvalue weighted by Gasteiger charge is -2.07. The molecule has 0 bridgehead atoms. The third-order valence-electron chi connectivity index (χ3n) is 4.09. The van der Waals surface area contributed by atoms with Gasteiger partial charge in [-0.15, -0.1) is 0 Å². The van der Waals surface area contributed by atoms with Crippen molar-refractivity contribution in [1.29, 1.82) is 0 Å². The van der Waals surface area contributed by atoms with Crippen LogP contribution in [0.25, 0.3) is 11.0 Å². The van der Waals surface area contributed by atoms with Crippen LogP contribution in [0.3, 0.4) is 0 Å². The number of fused-ring (bicyclic) bond motifs is 1. The van der Waals surface area contributed by atoms with Crippen molar-refractivity contribution in [3.63, 3.8) is 0 Å². The third kappa shape index (κ3) is 3.71. The van der Waals surface area contributed by atoms with E-state index in [-0.39, 0.29) is 0 Å². The molecule has 0 amide bonds.